The molecule has 2 N–H and O–H groups in total. The number of carboxylic acids is 1. The summed E-state index contributed by atoms with van der Waals surface area (Å²) in [4.78, 5) is 10.9. The van der Waals surface area contributed by atoms with E-state index in [1.54, 1.807) is 0 Å². The van der Waals surface area contributed by atoms with Crippen molar-refractivity contribution < 1.29 is 22.7 Å². The minimum absolute atomic E-state index is 0.0520. The molecule has 1 atom stereocenters. The van der Waals surface area contributed by atoms with Crippen LogP contribution in [0.3, 0.4) is 0 Å². The van der Waals surface area contributed by atoms with Gasteiger partial charge in [-0.3, -0.25) is 4.79 Å². The van der Waals surface area contributed by atoms with Crippen LogP contribution in [0.25, 0.3) is 0 Å². The number of hydrogen-bond acceptors (Lipinski definition) is 3. The molecular weight excluding hydrogens is 380 g/mol. The van der Waals surface area contributed by atoms with Gasteiger partial charge in [0.2, 0.25) is 10.0 Å². The Labute approximate surface area is 148 Å². The minimum Gasteiger partial charge on any atom is -0.481 e. The largest absolute Gasteiger partial charge is 0.481 e. The Morgan fingerprint density at radius 2 is 1.75 bits per heavy atom. The fourth-order valence-corrected chi connectivity index (χ4v) is 3.61. The monoisotopic (exact) mass is 391 g/mol. The molecule has 128 valence electrons. The molecule has 2 aromatic carbocycles. The summed E-state index contributed by atoms with van der Waals surface area (Å²) in [6.07, 6.45) is -0.508. The van der Waals surface area contributed by atoms with Crippen LogP contribution in [0.4, 0.5) is 4.39 Å². The SMILES string of the molecule is O=C(O)CC(NS(=O)(=O)c1ccc(Cl)c(Cl)c1)c1ccc(F)cc1. The van der Waals surface area contributed by atoms with Crippen LogP contribution in [0.2, 0.25) is 10.0 Å². The number of halogens is 3. The third-order valence-electron chi connectivity index (χ3n) is 3.15. The van der Waals surface area contributed by atoms with E-state index in [4.69, 9.17) is 28.3 Å². The maximum Gasteiger partial charge on any atom is 0.305 e. The smallest absolute Gasteiger partial charge is 0.305 e. The van der Waals surface area contributed by atoms with Crippen molar-refractivity contribution in [2.24, 2.45) is 0 Å². The van der Waals surface area contributed by atoms with E-state index >= 15 is 0 Å². The molecule has 0 heterocycles. The first-order chi connectivity index (χ1) is 11.2. The van der Waals surface area contributed by atoms with E-state index < -0.39 is 34.3 Å². The van der Waals surface area contributed by atoms with Gasteiger partial charge in [0, 0.05) is 0 Å². The lowest BCUT2D eigenvalue weighted by Gasteiger charge is -2.18. The van der Waals surface area contributed by atoms with Crippen LogP contribution in [0, 0.1) is 5.82 Å². The lowest BCUT2D eigenvalue weighted by molar-refractivity contribution is -0.137. The fourth-order valence-electron chi connectivity index (χ4n) is 2.00. The number of carboxylic acid groups (broad SMARTS) is 1. The van der Waals surface area contributed by atoms with Crippen molar-refractivity contribution in [3.8, 4) is 0 Å². The van der Waals surface area contributed by atoms with Gasteiger partial charge >= 0.3 is 5.97 Å². The van der Waals surface area contributed by atoms with Crippen LogP contribution >= 0.6 is 23.2 Å². The van der Waals surface area contributed by atoms with Crippen LogP contribution in [0.5, 0.6) is 0 Å². The summed E-state index contributed by atoms with van der Waals surface area (Å²) in [5.41, 5.74) is 0.322. The predicted octanol–water partition coefficient (Wildman–Crippen LogP) is 3.63. The van der Waals surface area contributed by atoms with E-state index in [1.807, 2.05) is 0 Å². The summed E-state index contributed by atoms with van der Waals surface area (Å²) in [7, 11) is -4.05. The first kappa shape index (κ1) is 18.7. The molecule has 0 saturated carbocycles. The molecule has 5 nitrogen and oxygen atoms in total. The Kier molecular flexibility index (Phi) is 5.82. The molecule has 0 bridgehead atoms. The van der Waals surface area contributed by atoms with Crippen molar-refractivity contribution in [2.45, 2.75) is 17.4 Å². The zero-order valence-electron chi connectivity index (χ0n) is 12.0. The maximum absolute atomic E-state index is 13.0. The quantitative estimate of drug-likeness (QED) is 0.787. The van der Waals surface area contributed by atoms with Gasteiger partial charge in [-0.05, 0) is 35.9 Å². The van der Waals surface area contributed by atoms with Crippen molar-refractivity contribution >= 4 is 39.2 Å². The molecule has 0 aliphatic carbocycles. The molecule has 0 saturated heterocycles. The first-order valence-electron chi connectivity index (χ1n) is 6.63. The van der Waals surface area contributed by atoms with Gasteiger partial charge in [-0.1, -0.05) is 35.3 Å². The highest BCUT2D eigenvalue weighted by molar-refractivity contribution is 7.89. The summed E-state index contributed by atoms with van der Waals surface area (Å²) in [5.74, 6) is -1.72. The zero-order chi connectivity index (χ0) is 17.9. The molecule has 9 heteroatoms. The zero-order valence-corrected chi connectivity index (χ0v) is 14.4. The van der Waals surface area contributed by atoms with Gasteiger partial charge in [0.05, 0.1) is 27.4 Å². The summed E-state index contributed by atoms with van der Waals surface area (Å²) in [5, 5.41) is 9.24. The molecule has 0 spiro atoms. The standard InChI is InChI=1S/C15H12Cl2FNO4S/c16-12-6-5-11(7-13(12)17)24(22,23)19-14(8-15(20)21)9-1-3-10(18)4-2-9/h1-7,14,19H,8H2,(H,20,21). The van der Waals surface area contributed by atoms with E-state index in [0.717, 1.165) is 18.2 Å². The van der Waals surface area contributed by atoms with Crippen LogP contribution in [-0.4, -0.2) is 19.5 Å². The highest BCUT2D eigenvalue weighted by Gasteiger charge is 2.24. The van der Waals surface area contributed by atoms with Crippen molar-refractivity contribution in [1.29, 1.82) is 0 Å². The van der Waals surface area contributed by atoms with Crippen LogP contribution in [0.1, 0.15) is 18.0 Å². The Hall–Kier alpha value is -1.67. The number of benzene rings is 2. The summed E-state index contributed by atoms with van der Waals surface area (Å²) in [6, 6.07) is 7.55. The number of aliphatic carboxylic acids is 1. The number of nitrogens with one attached hydrogen (secondary N) is 1. The average Bonchev–Trinajstić information content (AvgIpc) is 2.49. The number of carbonyl (C=O) groups is 1. The lowest BCUT2D eigenvalue weighted by atomic mass is 10.1. The van der Waals surface area contributed by atoms with Crippen LogP contribution in [-0.2, 0) is 14.8 Å². The number of rotatable bonds is 6. The molecular formula is C15H12Cl2FNO4S. The van der Waals surface area contributed by atoms with Crippen molar-refractivity contribution in [3.05, 3.63) is 63.9 Å². The summed E-state index contributed by atoms with van der Waals surface area (Å²) in [6.45, 7) is 0. The Morgan fingerprint density at radius 3 is 2.29 bits per heavy atom. The molecule has 0 aliphatic heterocycles. The summed E-state index contributed by atoms with van der Waals surface area (Å²) >= 11 is 11.6. The Balaban J connectivity index is 2.35. The molecule has 0 amide bonds. The number of hydrogen-bond donors (Lipinski definition) is 2. The minimum atomic E-state index is -4.05. The molecule has 0 radical (unpaired) electrons. The first-order valence-corrected chi connectivity index (χ1v) is 8.87. The van der Waals surface area contributed by atoms with Gasteiger partial charge < -0.3 is 5.11 Å². The van der Waals surface area contributed by atoms with Crippen LogP contribution < -0.4 is 4.72 Å². The predicted molar refractivity (Wildman–Crippen MR) is 88.2 cm³/mol. The second-order valence-electron chi connectivity index (χ2n) is 4.90. The third kappa shape index (κ3) is 4.67. The van der Waals surface area contributed by atoms with Gasteiger partial charge in [0.15, 0.2) is 0 Å². The van der Waals surface area contributed by atoms with Gasteiger partial charge in [0.25, 0.3) is 0 Å². The van der Waals surface area contributed by atoms with Gasteiger partial charge in [-0.2, -0.15) is 0 Å². The van der Waals surface area contributed by atoms with E-state index in [0.29, 0.717) is 5.56 Å². The molecule has 0 fully saturated rings. The van der Waals surface area contributed by atoms with Crippen molar-refractivity contribution in [1.82, 2.24) is 4.72 Å². The molecule has 0 aromatic heterocycles. The second-order valence-corrected chi connectivity index (χ2v) is 7.43. The maximum atomic E-state index is 13.0. The Morgan fingerprint density at radius 1 is 1.12 bits per heavy atom. The second kappa shape index (κ2) is 7.48. The number of sulfonamides is 1. The van der Waals surface area contributed by atoms with E-state index in [2.05, 4.69) is 4.72 Å². The lowest BCUT2D eigenvalue weighted by Crippen LogP contribution is -2.30. The molecule has 24 heavy (non-hydrogen) atoms. The topological polar surface area (TPSA) is 83.5 Å². The molecule has 2 rings (SSSR count). The van der Waals surface area contributed by atoms with E-state index in [-0.39, 0.29) is 14.9 Å². The van der Waals surface area contributed by atoms with Crippen molar-refractivity contribution in [3.63, 3.8) is 0 Å². The highest BCUT2D eigenvalue weighted by atomic mass is 35.5. The third-order valence-corrected chi connectivity index (χ3v) is 5.36. The Bertz CT molecular complexity index is 856. The van der Waals surface area contributed by atoms with Crippen LogP contribution in [0.15, 0.2) is 47.4 Å². The highest BCUT2D eigenvalue weighted by Crippen LogP contribution is 2.26. The van der Waals surface area contributed by atoms with Crippen molar-refractivity contribution in [2.75, 3.05) is 0 Å². The normalized spacial score (nSPS) is 12.8. The van der Waals surface area contributed by atoms with Gasteiger partial charge in [-0.15, -0.1) is 0 Å². The van der Waals surface area contributed by atoms with E-state index in [1.165, 1.54) is 24.3 Å². The van der Waals surface area contributed by atoms with Gasteiger partial charge in [0.1, 0.15) is 5.82 Å². The van der Waals surface area contributed by atoms with Gasteiger partial charge in [-0.25, -0.2) is 17.5 Å². The molecule has 1 unspecified atom stereocenters. The summed E-state index contributed by atoms with van der Waals surface area (Å²) < 4.78 is 40.2. The fraction of sp³-hybridized carbons (Fsp3) is 0.133. The molecule has 0 aliphatic rings. The average molecular weight is 392 g/mol. The van der Waals surface area contributed by atoms with E-state index in [9.17, 15) is 17.6 Å². The molecule has 2 aromatic rings.